The van der Waals surface area contributed by atoms with Crippen molar-refractivity contribution in [2.24, 2.45) is 5.92 Å². The number of esters is 1. The molecule has 6 nitrogen and oxygen atoms in total. The van der Waals surface area contributed by atoms with Crippen LogP contribution in [0.4, 0.5) is 19.0 Å². The Morgan fingerprint density at radius 1 is 1.19 bits per heavy atom. The van der Waals surface area contributed by atoms with Gasteiger partial charge in [0.15, 0.2) is 0 Å². The average Bonchev–Trinajstić information content (AvgIpc) is 3.21. The van der Waals surface area contributed by atoms with Crippen LogP contribution in [0, 0.1) is 5.92 Å². The zero-order chi connectivity index (χ0) is 26.0. The van der Waals surface area contributed by atoms with E-state index in [-0.39, 0.29) is 17.8 Å². The summed E-state index contributed by atoms with van der Waals surface area (Å²) in [6.45, 7) is 5.94. The summed E-state index contributed by atoms with van der Waals surface area (Å²) < 4.78 is 48.1. The first kappa shape index (κ1) is 25.5. The smallest absolute Gasteiger partial charge is 0.416 e. The number of carbonyl (C=O) groups is 1. The van der Waals surface area contributed by atoms with Gasteiger partial charge in [-0.1, -0.05) is 32.9 Å². The van der Waals surface area contributed by atoms with Gasteiger partial charge in [-0.15, -0.1) is 0 Å². The molecule has 0 unspecified atom stereocenters. The Bertz CT molecular complexity index is 1280. The summed E-state index contributed by atoms with van der Waals surface area (Å²) >= 11 is 0. The third-order valence-corrected chi connectivity index (χ3v) is 6.09. The Morgan fingerprint density at radius 2 is 1.97 bits per heavy atom. The second-order valence-corrected chi connectivity index (χ2v) is 9.37. The van der Waals surface area contributed by atoms with Crippen molar-refractivity contribution in [3.8, 4) is 22.5 Å². The second-order valence-electron chi connectivity index (χ2n) is 9.37. The lowest BCUT2D eigenvalue weighted by atomic mass is 9.97. The monoisotopic (exact) mass is 498 g/mol. The minimum absolute atomic E-state index is 0.0358. The first-order chi connectivity index (χ1) is 17.1. The molecule has 1 aliphatic rings. The van der Waals surface area contributed by atoms with E-state index in [9.17, 15) is 18.0 Å². The van der Waals surface area contributed by atoms with E-state index >= 15 is 0 Å². The van der Waals surface area contributed by atoms with Crippen LogP contribution >= 0.6 is 0 Å². The molecule has 9 heteroatoms. The molecular formula is C27H29F3N4O2. The lowest BCUT2D eigenvalue weighted by molar-refractivity contribution is -0.153. The number of cyclic esters (lactones) is 1. The van der Waals surface area contributed by atoms with Crippen molar-refractivity contribution in [1.29, 1.82) is 0 Å². The fraction of sp³-hybridized carbons (Fsp3) is 0.370. The van der Waals surface area contributed by atoms with Crippen molar-refractivity contribution in [2.45, 2.75) is 51.8 Å². The molecule has 0 radical (unpaired) electrons. The van der Waals surface area contributed by atoms with E-state index in [4.69, 9.17) is 9.72 Å². The summed E-state index contributed by atoms with van der Waals surface area (Å²) in [6.07, 6.45) is 1.32. The maximum Gasteiger partial charge on any atom is 0.416 e. The summed E-state index contributed by atoms with van der Waals surface area (Å²) in [7, 11) is 1.74. The molecular weight excluding hydrogens is 469 g/mol. The topological polar surface area (TPSA) is 69.0 Å². The highest BCUT2D eigenvalue weighted by Crippen LogP contribution is 2.38. The molecule has 4 rings (SSSR count). The van der Waals surface area contributed by atoms with Gasteiger partial charge in [-0.05, 0) is 42.7 Å². The van der Waals surface area contributed by atoms with E-state index in [2.05, 4.69) is 10.3 Å². The van der Waals surface area contributed by atoms with Crippen LogP contribution in [-0.4, -0.2) is 33.7 Å². The Labute approximate surface area is 208 Å². The van der Waals surface area contributed by atoms with Crippen LogP contribution in [0.3, 0.4) is 0 Å². The number of alkyl halides is 3. The molecule has 1 fully saturated rings. The van der Waals surface area contributed by atoms with Crippen molar-refractivity contribution in [3.05, 3.63) is 60.1 Å². The molecule has 1 saturated heterocycles. The summed E-state index contributed by atoms with van der Waals surface area (Å²) in [6, 6.07) is 8.82. The van der Waals surface area contributed by atoms with Crippen molar-refractivity contribution in [1.82, 2.24) is 14.5 Å². The molecule has 190 valence electrons. The highest BCUT2D eigenvalue weighted by Gasteiger charge is 2.31. The number of halogens is 3. The van der Waals surface area contributed by atoms with Crippen molar-refractivity contribution in [3.63, 3.8) is 0 Å². The maximum atomic E-state index is 13.6. The average molecular weight is 499 g/mol. The van der Waals surface area contributed by atoms with Gasteiger partial charge >= 0.3 is 12.1 Å². The lowest BCUT2D eigenvalue weighted by Gasteiger charge is -2.24. The zero-order valence-electron chi connectivity index (χ0n) is 20.6. The van der Waals surface area contributed by atoms with Crippen LogP contribution in [0.25, 0.3) is 28.7 Å². The van der Waals surface area contributed by atoms with E-state index in [1.165, 1.54) is 6.07 Å². The van der Waals surface area contributed by atoms with E-state index in [0.29, 0.717) is 47.0 Å². The third kappa shape index (κ3) is 5.45. The van der Waals surface area contributed by atoms with Crippen molar-refractivity contribution >= 4 is 18.0 Å². The molecule has 3 heterocycles. The second kappa shape index (κ2) is 10.2. The Kier molecular flexibility index (Phi) is 7.19. The van der Waals surface area contributed by atoms with Gasteiger partial charge < -0.3 is 14.6 Å². The number of aromatic nitrogens is 3. The van der Waals surface area contributed by atoms with Crippen LogP contribution in [0.2, 0.25) is 0 Å². The van der Waals surface area contributed by atoms with Crippen molar-refractivity contribution in [2.75, 3.05) is 12.4 Å². The molecule has 0 bridgehead atoms. The minimum atomic E-state index is -4.49. The van der Waals surface area contributed by atoms with Crippen LogP contribution in [0.15, 0.2) is 48.7 Å². The first-order valence-electron chi connectivity index (χ1n) is 11.9. The van der Waals surface area contributed by atoms with Crippen LogP contribution in [0.1, 0.15) is 50.9 Å². The molecule has 3 aromatic rings. The normalized spacial score (nSPS) is 18.6. The van der Waals surface area contributed by atoms with Crippen LogP contribution < -0.4 is 5.32 Å². The number of nitrogens with zero attached hydrogens (tertiary/aromatic N) is 3. The molecule has 0 saturated carbocycles. The number of anilines is 1. The lowest BCUT2D eigenvalue weighted by Crippen LogP contribution is -2.26. The molecule has 2 aromatic heterocycles. The molecule has 0 spiro atoms. The number of pyridine rings is 1. The van der Waals surface area contributed by atoms with E-state index < -0.39 is 17.8 Å². The fourth-order valence-electron chi connectivity index (χ4n) is 4.37. The standard InChI is InChI=1S/C27H29F3N4O2/c1-16(2)26-33-24(18-8-10-32-22(15-18)31-4)25(19-6-5-7-20(14-19)27(28,29)30)34(26)11-9-21-12-17(3)13-23(35)36-21/h5-11,14-17,21H,12-13H2,1-4H3,(H,31,32)/b11-9+/t17-,21-/m1/s1. The molecule has 1 aromatic carbocycles. The first-order valence-corrected chi connectivity index (χ1v) is 11.9. The van der Waals surface area contributed by atoms with E-state index in [1.807, 2.05) is 31.4 Å². The van der Waals surface area contributed by atoms with Gasteiger partial charge in [-0.3, -0.25) is 4.79 Å². The molecule has 2 atom stereocenters. The zero-order valence-corrected chi connectivity index (χ0v) is 20.6. The number of carbonyl (C=O) groups excluding carboxylic acids is 1. The SMILES string of the molecule is CNc1cc(-c2nc(C(C)C)n(/C=C/[C@@H]3C[C@@H](C)CC(=O)O3)c2-c2cccc(C(F)(F)F)c2)ccn1. The van der Waals surface area contributed by atoms with Gasteiger partial charge in [-0.25, -0.2) is 9.97 Å². The van der Waals surface area contributed by atoms with Gasteiger partial charge in [0.25, 0.3) is 0 Å². The number of hydrogen-bond donors (Lipinski definition) is 1. The highest BCUT2D eigenvalue weighted by molar-refractivity contribution is 5.82. The minimum Gasteiger partial charge on any atom is -0.458 e. The van der Waals surface area contributed by atoms with Gasteiger partial charge in [0.2, 0.25) is 0 Å². The van der Waals surface area contributed by atoms with Crippen LogP contribution in [0.5, 0.6) is 0 Å². The molecule has 1 N–H and O–H groups in total. The summed E-state index contributed by atoms with van der Waals surface area (Å²) in [4.78, 5) is 21.1. The number of hydrogen-bond acceptors (Lipinski definition) is 5. The summed E-state index contributed by atoms with van der Waals surface area (Å²) in [5, 5.41) is 2.99. The van der Waals surface area contributed by atoms with Gasteiger partial charge in [0, 0.05) is 42.9 Å². The molecule has 36 heavy (non-hydrogen) atoms. The summed E-state index contributed by atoms with van der Waals surface area (Å²) in [5.74, 6) is 1.18. The maximum absolute atomic E-state index is 13.6. The van der Waals surface area contributed by atoms with Gasteiger partial charge in [0.05, 0.1) is 17.0 Å². The largest absolute Gasteiger partial charge is 0.458 e. The molecule has 0 amide bonds. The fourth-order valence-corrected chi connectivity index (χ4v) is 4.37. The predicted molar refractivity (Wildman–Crippen MR) is 133 cm³/mol. The Hall–Kier alpha value is -3.62. The highest BCUT2D eigenvalue weighted by atomic mass is 19.4. The predicted octanol–water partition coefficient (Wildman–Crippen LogP) is 6.61. The Morgan fingerprint density at radius 3 is 2.64 bits per heavy atom. The molecule has 1 aliphatic heterocycles. The van der Waals surface area contributed by atoms with Crippen molar-refractivity contribution < 1.29 is 22.7 Å². The summed E-state index contributed by atoms with van der Waals surface area (Å²) in [5.41, 5.74) is 1.41. The van der Waals surface area contributed by atoms with Crippen LogP contribution in [-0.2, 0) is 15.7 Å². The number of ether oxygens (including phenoxy) is 1. The van der Waals surface area contributed by atoms with Gasteiger partial charge in [-0.2, -0.15) is 13.2 Å². The van der Waals surface area contributed by atoms with Gasteiger partial charge in [0.1, 0.15) is 17.7 Å². The Balaban J connectivity index is 1.93. The number of nitrogens with one attached hydrogen (secondary N) is 1. The van der Waals surface area contributed by atoms with E-state index in [0.717, 1.165) is 12.1 Å². The molecule has 0 aliphatic carbocycles. The number of imidazole rings is 1. The number of rotatable bonds is 6. The quantitative estimate of drug-likeness (QED) is 0.388. The number of benzene rings is 1. The third-order valence-electron chi connectivity index (χ3n) is 6.09. The van der Waals surface area contributed by atoms with E-state index in [1.54, 1.807) is 37.7 Å².